The van der Waals surface area contributed by atoms with Gasteiger partial charge in [0.15, 0.2) is 5.78 Å². The van der Waals surface area contributed by atoms with Crippen LogP contribution in [0.4, 0.5) is 0 Å². The van der Waals surface area contributed by atoms with E-state index < -0.39 is 0 Å². The second-order valence-electron chi connectivity index (χ2n) is 15.6. The van der Waals surface area contributed by atoms with Crippen molar-refractivity contribution in [1.82, 2.24) is 9.97 Å². The molecule has 7 heteroatoms. The van der Waals surface area contributed by atoms with E-state index in [0.29, 0.717) is 5.56 Å². The number of nitrogens with zero attached hydrogens (tertiary/aromatic N) is 3. The number of aliphatic hydroxyl groups excluding tert-OH is 1. The van der Waals surface area contributed by atoms with Crippen LogP contribution in [0.2, 0.25) is 0 Å². The summed E-state index contributed by atoms with van der Waals surface area (Å²) >= 11 is 1.74. The molecule has 2 aromatic heterocycles. The maximum atomic E-state index is 11.7. The topological polar surface area (TPSA) is 86.9 Å². The summed E-state index contributed by atoms with van der Waals surface area (Å²) < 4.78 is 1.14. The number of benzene rings is 3. The van der Waals surface area contributed by atoms with Crippen LogP contribution < -0.4 is 0 Å². The van der Waals surface area contributed by atoms with E-state index in [2.05, 4.69) is 101 Å². The molecule has 5 nitrogen and oxygen atoms in total. The maximum Gasteiger partial charge on any atom is 0.162 e. The number of hydrogen-bond donors (Lipinski definition) is 1. The van der Waals surface area contributed by atoms with Gasteiger partial charge in [0.2, 0.25) is 0 Å². The third-order valence-corrected chi connectivity index (χ3v) is 10.4. The van der Waals surface area contributed by atoms with Gasteiger partial charge in [-0.15, -0.1) is 40.5 Å². The molecule has 0 saturated carbocycles. The normalized spacial score (nSPS) is 12.1. The summed E-state index contributed by atoms with van der Waals surface area (Å²) in [6, 6.07) is 24.8. The predicted molar refractivity (Wildman–Crippen MR) is 215 cm³/mol. The van der Waals surface area contributed by atoms with E-state index in [9.17, 15) is 15.2 Å². The molecule has 0 aliphatic heterocycles. The number of carbonyl (C=O) groups excluding carboxylic acids is 1. The van der Waals surface area contributed by atoms with Gasteiger partial charge in [-0.2, -0.15) is 5.26 Å². The fourth-order valence-corrected chi connectivity index (χ4v) is 7.68. The zero-order valence-corrected chi connectivity index (χ0v) is 35.7. The monoisotopic (exact) mass is 893 g/mol. The molecule has 277 valence electrons. The number of pyridine rings is 1. The van der Waals surface area contributed by atoms with Gasteiger partial charge in [0.25, 0.3) is 0 Å². The fraction of sp³-hybridized carbons (Fsp3) is 0.422. The average Bonchev–Trinajstić information content (AvgIpc) is 3.48. The molecule has 1 radical (unpaired) electrons. The minimum Gasteiger partial charge on any atom is -0.512 e. The molecular formula is C45H54IrN3O2S-. The Morgan fingerprint density at radius 1 is 0.942 bits per heavy atom. The second-order valence-corrected chi connectivity index (χ2v) is 16.8. The SMILES string of the molecule is CC(C)(C)Cc1nc2ccc(-c3cc(-c4[c-]c5ccccc5c(C(C)(C)C)c4)ncc3C#N)cc2s1.CCC(CC)C(=O)/C=C(\O)C(CC)CC.[Ir]. The van der Waals surface area contributed by atoms with Crippen LogP contribution in [0, 0.1) is 34.6 Å². The number of hydrogen-bond acceptors (Lipinski definition) is 6. The number of allylic oxidation sites excluding steroid dienone is 2. The molecular weight excluding hydrogens is 839 g/mol. The molecule has 0 spiro atoms. The van der Waals surface area contributed by atoms with Crippen LogP contribution >= 0.6 is 11.3 Å². The first kappa shape index (κ1) is 42.7. The first-order chi connectivity index (χ1) is 24.1. The van der Waals surface area contributed by atoms with Crippen LogP contribution in [-0.2, 0) is 36.7 Å². The van der Waals surface area contributed by atoms with Crippen LogP contribution in [0.3, 0.4) is 0 Å². The van der Waals surface area contributed by atoms with E-state index >= 15 is 0 Å². The van der Waals surface area contributed by atoms with Crippen molar-refractivity contribution < 1.29 is 30.0 Å². The number of aromatic nitrogens is 2. The van der Waals surface area contributed by atoms with Crippen LogP contribution in [0.25, 0.3) is 43.4 Å². The molecule has 0 amide bonds. The summed E-state index contributed by atoms with van der Waals surface area (Å²) in [5, 5.41) is 23.1. The van der Waals surface area contributed by atoms with Gasteiger partial charge < -0.3 is 5.11 Å². The Labute approximate surface area is 329 Å². The molecule has 1 N–H and O–H groups in total. The van der Waals surface area contributed by atoms with Gasteiger partial charge >= 0.3 is 0 Å². The largest absolute Gasteiger partial charge is 0.512 e. The van der Waals surface area contributed by atoms with Crippen molar-refractivity contribution in [2.45, 2.75) is 107 Å². The Morgan fingerprint density at radius 3 is 2.19 bits per heavy atom. The maximum absolute atomic E-state index is 11.7. The van der Waals surface area contributed by atoms with Crippen molar-refractivity contribution in [2.75, 3.05) is 0 Å². The standard InChI is InChI=1S/C32H30N3S.C13H24O2.Ir/c1-31(2,3)17-30-35-27-12-11-21(15-29(27)36-30)25-16-28(34-19-23(25)18-33)22-13-20-9-7-8-10-24(20)26(14-22)32(4,5)6;1-5-10(6-2)12(14)9-13(15)11(7-3)8-4;/h7-12,14-16,19H,17H2,1-6H3;9-11,14H,5-8H2,1-4H3;/q-1;;/b;12-9-;. The molecule has 0 aliphatic carbocycles. The number of nitriles is 1. The molecule has 52 heavy (non-hydrogen) atoms. The van der Waals surface area contributed by atoms with E-state index in [0.717, 1.165) is 75.1 Å². The van der Waals surface area contributed by atoms with Crippen LogP contribution in [0.15, 0.2) is 72.6 Å². The third kappa shape index (κ3) is 10.7. The Kier molecular flexibility index (Phi) is 15.1. The summed E-state index contributed by atoms with van der Waals surface area (Å²) in [6.45, 7) is 21.5. The third-order valence-electron chi connectivity index (χ3n) is 9.39. The second kappa shape index (κ2) is 18.4. The summed E-state index contributed by atoms with van der Waals surface area (Å²) in [6.07, 6.45) is 7.54. The van der Waals surface area contributed by atoms with Crippen molar-refractivity contribution in [1.29, 1.82) is 5.26 Å². The van der Waals surface area contributed by atoms with Crippen LogP contribution in [-0.4, -0.2) is 20.9 Å². The Balaban J connectivity index is 0.000000389. The van der Waals surface area contributed by atoms with E-state index in [-0.39, 0.29) is 54.3 Å². The molecule has 5 rings (SSSR count). The van der Waals surface area contributed by atoms with E-state index in [4.69, 9.17) is 4.98 Å². The summed E-state index contributed by atoms with van der Waals surface area (Å²) in [7, 11) is 0. The van der Waals surface area contributed by atoms with Gasteiger partial charge in [-0.3, -0.25) is 9.78 Å². The number of ketones is 1. The number of aliphatic hydroxyl groups is 1. The summed E-state index contributed by atoms with van der Waals surface area (Å²) in [5.74, 6) is 0.547. The average molecular weight is 893 g/mol. The van der Waals surface area contributed by atoms with Crippen molar-refractivity contribution in [3.8, 4) is 28.5 Å². The van der Waals surface area contributed by atoms with Gasteiger partial charge in [-0.05, 0) is 59.8 Å². The van der Waals surface area contributed by atoms with Gasteiger partial charge in [-0.25, -0.2) is 4.98 Å². The van der Waals surface area contributed by atoms with Gasteiger partial charge in [0.05, 0.1) is 26.5 Å². The number of rotatable bonds is 10. The molecule has 5 aromatic rings. The van der Waals surface area contributed by atoms with Gasteiger partial charge in [-0.1, -0.05) is 111 Å². The quantitative estimate of drug-likeness (QED) is 0.0857. The predicted octanol–water partition coefficient (Wildman–Crippen LogP) is 12.6. The van der Waals surface area contributed by atoms with Gasteiger partial charge in [0, 0.05) is 56.3 Å². The first-order valence-electron chi connectivity index (χ1n) is 18.3. The Morgan fingerprint density at radius 2 is 1.60 bits per heavy atom. The Bertz CT molecular complexity index is 2050. The molecule has 2 heterocycles. The van der Waals surface area contributed by atoms with E-state index in [1.54, 1.807) is 17.5 Å². The summed E-state index contributed by atoms with van der Waals surface area (Å²) in [5.41, 5.74) is 6.64. The van der Waals surface area contributed by atoms with Crippen LogP contribution in [0.1, 0.15) is 111 Å². The van der Waals surface area contributed by atoms with Gasteiger partial charge in [0.1, 0.15) is 6.07 Å². The Hall–Kier alpha value is -3.69. The van der Waals surface area contributed by atoms with E-state index in [1.807, 2.05) is 39.8 Å². The molecule has 0 aliphatic rings. The fourth-order valence-electron chi connectivity index (χ4n) is 6.37. The minimum atomic E-state index is -0.0269. The van der Waals surface area contributed by atoms with Crippen molar-refractivity contribution in [2.24, 2.45) is 17.3 Å². The molecule has 0 fully saturated rings. The van der Waals surface area contributed by atoms with Crippen molar-refractivity contribution >= 4 is 38.1 Å². The first-order valence-corrected chi connectivity index (χ1v) is 19.1. The molecule has 0 atom stereocenters. The van der Waals surface area contributed by atoms with Crippen LogP contribution in [0.5, 0.6) is 0 Å². The van der Waals surface area contributed by atoms with Crippen molar-refractivity contribution in [3.63, 3.8) is 0 Å². The zero-order chi connectivity index (χ0) is 37.5. The molecule has 0 unspecified atom stereocenters. The molecule has 0 saturated heterocycles. The van der Waals surface area contributed by atoms with E-state index in [1.165, 1.54) is 17.0 Å². The number of thiazole rings is 1. The zero-order valence-electron chi connectivity index (χ0n) is 32.5. The molecule has 0 bridgehead atoms. The number of carbonyl (C=O) groups is 1. The summed E-state index contributed by atoms with van der Waals surface area (Å²) in [4.78, 5) is 21.2. The molecule has 3 aromatic carbocycles. The minimum absolute atomic E-state index is 0. The van der Waals surface area contributed by atoms with Crippen molar-refractivity contribution in [3.05, 3.63) is 94.8 Å². The number of fused-ring (bicyclic) bond motifs is 2. The smallest absolute Gasteiger partial charge is 0.162 e.